The van der Waals surface area contributed by atoms with Gasteiger partial charge in [-0.05, 0) is 64.2 Å². The molecule has 3 N–H and O–H groups in total. The molecule has 0 aromatic rings. The molecule has 1 amide bonds. The summed E-state index contributed by atoms with van der Waals surface area (Å²) >= 11 is 0. The first-order valence-corrected chi connectivity index (χ1v) is 33.8. The Morgan fingerprint density at radius 3 is 1.13 bits per heavy atom. The predicted octanol–water partition coefficient (Wildman–Crippen LogP) is 20.2. The third-order valence-electron chi connectivity index (χ3n) is 14.5. The van der Waals surface area contributed by atoms with Crippen LogP contribution in [0.15, 0.2) is 72.9 Å². The van der Waals surface area contributed by atoms with Crippen molar-refractivity contribution in [2.45, 2.75) is 309 Å². The number of carbonyl (C=O) groups excluding carboxylic acids is 1. The zero-order valence-electron chi connectivity index (χ0n) is 50.7. The van der Waals surface area contributed by atoms with Gasteiger partial charge in [-0.1, -0.05) is 299 Å². The summed E-state index contributed by atoms with van der Waals surface area (Å²) in [6, 6.07) is -0.790. The van der Waals surface area contributed by atoms with Gasteiger partial charge in [0.25, 0.3) is 0 Å². The van der Waals surface area contributed by atoms with Crippen LogP contribution in [0.2, 0.25) is 0 Å². The van der Waals surface area contributed by atoms with E-state index in [1.165, 1.54) is 193 Å². The lowest BCUT2D eigenvalue weighted by Crippen LogP contribution is -2.46. The van der Waals surface area contributed by atoms with E-state index in [4.69, 9.17) is 9.05 Å². The number of hydrogen-bond acceptors (Lipinski definition) is 5. The second kappa shape index (κ2) is 57.6. The highest BCUT2D eigenvalue weighted by molar-refractivity contribution is 7.47. The van der Waals surface area contributed by atoms with Crippen LogP contribution < -0.4 is 5.32 Å². The van der Waals surface area contributed by atoms with Crippen molar-refractivity contribution in [2.75, 3.05) is 40.9 Å². The number of unbranched alkanes of at least 4 members (excludes halogenated alkanes) is 34. The van der Waals surface area contributed by atoms with Crippen LogP contribution >= 0.6 is 7.82 Å². The van der Waals surface area contributed by atoms with Gasteiger partial charge in [0.1, 0.15) is 13.2 Å². The van der Waals surface area contributed by atoms with Gasteiger partial charge in [0.05, 0.1) is 39.9 Å². The first-order valence-electron chi connectivity index (χ1n) is 32.3. The van der Waals surface area contributed by atoms with Gasteiger partial charge in [-0.3, -0.25) is 13.8 Å². The Balaban J connectivity index is 4.09. The van der Waals surface area contributed by atoms with Crippen LogP contribution in [0, 0.1) is 0 Å². The van der Waals surface area contributed by atoms with Gasteiger partial charge in [-0.25, -0.2) is 4.57 Å². The third kappa shape index (κ3) is 59.6. The van der Waals surface area contributed by atoms with Gasteiger partial charge in [0.15, 0.2) is 0 Å². The first-order chi connectivity index (χ1) is 37.0. The van der Waals surface area contributed by atoms with E-state index >= 15 is 0 Å². The lowest BCUT2D eigenvalue weighted by molar-refractivity contribution is -0.870. The molecule has 0 aliphatic rings. The number of aliphatic hydroxyl groups excluding tert-OH is 1. The van der Waals surface area contributed by atoms with Crippen molar-refractivity contribution in [1.82, 2.24) is 5.32 Å². The molecule has 0 radical (unpaired) electrons. The van der Waals surface area contributed by atoms with Gasteiger partial charge in [0, 0.05) is 6.42 Å². The summed E-state index contributed by atoms with van der Waals surface area (Å²) in [5.41, 5.74) is 0. The average molecular weight is 1090 g/mol. The van der Waals surface area contributed by atoms with Crippen LogP contribution in [0.25, 0.3) is 0 Å². The number of carbonyl (C=O) groups is 1. The molecule has 8 nitrogen and oxygen atoms in total. The van der Waals surface area contributed by atoms with Crippen LogP contribution in [-0.2, 0) is 18.4 Å². The van der Waals surface area contributed by atoms with E-state index in [2.05, 4.69) is 92.1 Å². The zero-order valence-corrected chi connectivity index (χ0v) is 51.6. The van der Waals surface area contributed by atoms with Crippen LogP contribution in [0.5, 0.6) is 0 Å². The molecule has 9 heteroatoms. The van der Waals surface area contributed by atoms with E-state index in [1.54, 1.807) is 0 Å². The summed E-state index contributed by atoms with van der Waals surface area (Å²) < 4.78 is 23.8. The molecule has 0 saturated heterocycles. The van der Waals surface area contributed by atoms with Crippen molar-refractivity contribution in [3.05, 3.63) is 72.9 Å². The molecule has 0 bridgehead atoms. The van der Waals surface area contributed by atoms with Gasteiger partial charge >= 0.3 is 7.82 Å². The molecule has 0 fully saturated rings. The van der Waals surface area contributed by atoms with Gasteiger partial charge in [-0.15, -0.1) is 0 Å². The largest absolute Gasteiger partial charge is 0.472 e. The van der Waals surface area contributed by atoms with Crippen LogP contribution in [0.3, 0.4) is 0 Å². The number of phosphoric ester groups is 1. The van der Waals surface area contributed by atoms with Crippen molar-refractivity contribution >= 4 is 13.7 Å². The Kier molecular flexibility index (Phi) is 56.1. The summed E-state index contributed by atoms with van der Waals surface area (Å²) in [4.78, 5) is 23.4. The topological polar surface area (TPSA) is 105 Å². The summed E-state index contributed by atoms with van der Waals surface area (Å²) in [7, 11) is 1.58. The molecule has 0 spiro atoms. The maximum Gasteiger partial charge on any atom is 0.472 e. The highest BCUT2D eigenvalue weighted by atomic mass is 31.2. The lowest BCUT2D eigenvalue weighted by atomic mass is 10.0. The predicted molar refractivity (Wildman–Crippen MR) is 332 cm³/mol. The van der Waals surface area contributed by atoms with E-state index in [9.17, 15) is 19.4 Å². The van der Waals surface area contributed by atoms with Gasteiger partial charge in [0.2, 0.25) is 5.91 Å². The van der Waals surface area contributed by atoms with Crippen LogP contribution in [0.1, 0.15) is 296 Å². The minimum Gasteiger partial charge on any atom is -0.391 e. The van der Waals surface area contributed by atoms with E-state index < -0.39 is 20.0 Å². The van der Waals surface area contributed by atoms with E-state index in [0.29, 0.717) is 30.3 Å². The third-order valence-corrected chi connectivity index (χ3v) is 15.5. The normalized spacial score (nSPS) is 14.2. The minimum atomic E-state index is -4.34. The number of nitrogens with one attached hydrogen (secondary N) is 1. The quantitative estimate of drug-likeness (QED) is 0.0243. The highest BCUT2D eigenvalue weighted by Gasteiger charge is 2.28. The molecule has 0 aromatic carbocycles. The van der Waals surface area contributed by atoms with Crippen molar-refractivity contribution in [3.8, 4) is 0 Å². The Morgan fingerprint density at radius 1 is 0.461 bits per heavy atom. The van der Waals surface area contributed by atoms with E-state index in [-0.39, 0.29) is 19.1 Å². The number of quaternary nitrogens is 1. The number of hydrogen-bond donors (Lipinski definition) is 3. The number of allylic oxidation sites excluding steroid dienone is 12. The summed E-state index contributed by atoms with van der Waals surface area (Å²) in [6.07, 6.45) is 80.0. The fourth-order valence-corrected chi connectivity index (χ4v) is 10.2. The molecule has 3 unspecified atom stereocenters. The smallest absolute Gasteiger partial charge is 0.391 e. The number of aliphatic hydroxyl groups is 1. The lowest BCUT2D eigenvalue weighted by Gasteiger charge is -2.26. The summed E-state index contributed by atoms with van der Waals surface area (Å²) in [6.45, 7) is 4.77. The van der Waals surface area contributed by atoms with Crippen LogP contribution in [0.4, 0.5) is 0 Å². The van der Waals surface area contributed by atoms with Crippen molar-refractivity contribution in [3.63, 3.8) is 0 Å². The van der Waals surface area contributed by atoms with Crippen molar-refractivity contribution in [1.29, 1.82) is 0 Å². The van der Waals surface area contributed by atoms with E-state index in [0.717, 1.165) is 70.6 Å². The molecule has 0 rings (SSSR count). The second-order valence-electron chi connectivity index (χ2n) is 23.1. The Labute approximate surface area is 472 Å². The fraction of sp³-hybridized carbons (Fsp3) is 0.806. The van der Waals surface area contributed by atoms with Gasteiger partial charge < -0.3 is 19.8 Å². The molecule has 76 heavy (non-hydrogen) atoms. The fourth-order valence-electron chi connectivity index (χ4n) is 9.47. The second-order valence-corrected chi connectivity index (χ2v) is 24.6. The molecule has 0 saturated carbocycles. The van der Waals surface area contributed by atoms with Gasteiger partial charge in [-0.2, -0.15) is 0 Å². The number of nitrogens with zero attached hydrogens (tertiary/aromatic N) is 1. The molecule has 0 aliphatic heterocycles. The molecular weight excluding hydrogens is 960 g/mol. The maximum absolute atomic E-state index is 13.0. The number of likely N-dealkylation sites (N-methyl/N-ethyl adjacent to an activating group) is 1. The van der Waals surface area contributed by atoms with Crippen LogP contribution in [-0.4, -0.2) is 73.4 Å². The molecule has 0 heterocycles. The molecule has 0 aromatic heterocycles. The molecule has 3 atom stereocenters. The average Bonchev–Trinajstić information content (AvgIpc) is 3.38. The minimum absolute atomic E-state index is 0.0628. The Morgan fingerprint density at radius 2 is 0.789 bits per heavy atom. The summed E-state index contributed by atoms with van der Waals surface area (Å²) in [5.74, 6) is -0.185. The number of amides is 1. The van der Waals surface area contributed by atoms with E-state index in [1.807, 2.05) is 21.1 Å². The van der Waals surface area contributed by atoms with Crippen molar-refractivity contribution < 1.29 is 32.9 Å². The highest BCUT2D eigenvalue weighted by Crippen LogP contribution is 2.43. The molecular formula is C67H126N2O6P+. The number of phosphoric acid groups is 1. The van der Waals surface area contributed by atoms with Crippen molar-refractivity contribution in [2.24, 2.45) is 0 Å². The summed E-state index contributed by atoms with van der Waals surface area (Å²) in [5, 5.41) is 14.1. The number of rotatable bonds is 59. The maximum atomic E-state index is 13.0. The molecule has 0 aliphatic carbocycles. The molecule has 444 valence electrons. The monoisotopic (exact) mass is 1090 g/mol. The Bertz CT molecular complexity index is 1470. The SMILES string of the molecule is CC/C=C\C/C=C\C/C=C\C/C=C\C/C=C\C/C=C\CCCCC(=O)NC(COP(=O)(O)OCC[N+](C)(C)C)C(O)CCCCCCCCCCCCCCCCCCCCCCCCCCCCCCCCCCC. The Hall–Kier alpha value is -2.06. The zero-order chi connectivity index (χ0) is 55.6. The first kappa shape index (κ1) is 73.9. The standard InChI is InChI=1S/C67H125N2O6P/c1-6-8-10-12-14-16-18-20-22-24-26-28-29-30-31-32-33-34-35-36-37-38-39-41-42-44-46-48-50-52-54-56-58-60-66(70)65(64-75-76(72,73)74-63-62-69(3,4)5)68-67(71)61-59-57-55-53-51-49-47-45-43-40-27-25-23-21-19-17-15-13-11-9-7-2/h9,11,15,17,21,23,27,40,45,47,51,53,65-66,70H,6-8,10,12-14,16,18-20,22,24-26,28-39,41-44,46,48-50,52,54-64H2,1-5H3,(H-,68,71,72,73)/p+1/b11-9-,17-15-,23-21-,40-27-,47-45-,53-51-.